The first-order valence-electron chi connectivity index (χ1n) is 3.03. The third-order valence-corrected chi connectivity index (χ3v) is 1.24. The lowest BCUT2D eigenvalue weighted by molar-refractivity contribution is 0.232. The summed E-state index contributed by atoms with van der Waals surface area (Å²) in [5, 5.41) is 10.7. The maximum Gasteiger partial charge on any atom is 0.189 e. The summed E-state index contributed by atoms with van der Waals surface area (Å²) in [4.78, 5) is 0. The van der Waals surface area contributed by atoms with E-state index in [1.54, 1.807) is 35.8 Å². The number of hydrogen-bond donors (Lipinski definition) is 2. The molecule has 0 aliphatic heterocycles. The van der Waals surface area contributed by atoms with Crippen LogP contribution in [0.5, 0.6) is 0 Å². The summed E-state index contributed by atoms with van der Waals surface area (Å²) in [6, 6.07) is 8.48. The standard InChI is InChI=1S/C7H7FN2O/c8-9-7(10-11)6-4-2-1-3-5-6/h1-5,11H,(H,9,10). The molecule has 0 radical (unpaired) electrons. The lowest BCUT2D eigenvalue weighted by Crippen LogP contribution is -2.19. The zero-order valence-electron chi connectivity index (χ0n) is 5.66. The van der Waals surface area contributed by atoms with E-state index < -0.39 is 0 Å². The van der Waals surface area contributed by atoms with Crippen LogP contribution in [-0.2, 0) is 0 Å². The molecule has 58 valence electrons. The number of hydroxylamine groups is 1. The summed E-state index contributed by atoms with van der Waals surface area (Å²) < 4.78 is 11.7. The predicted octanol–water partition coefficient (Wildman–Crippen LogP) is 1.30. The molecule has 0 bridgehead atoms. The van der Waals surface area contributed by atoms with Crippen molar-refractivity contribution >= 4 is 5.84 Å². The molecule has 0 aliphatic rings. The van der Waals surface area contributed by atoms with Gasteiger partial charge in [0.25, 0.3) is 0 Å². The minimum absolute atomic E-state index is 0.189. The van der Waals surface area contributed by atoms with Gasteiger partial charge in [0, 0.05) is 5.56 Å². The number of nitrogens with zero attached hydrogens (tertiary/aromatic N) is 1. The first-order valence-corrected chi connectivity index (χ1v) is 3.03. The van der Waals surface area contributed by atoms with Gasteiger partial charge in [-0.05, 0) is 0 Å². The highest BCUT2D eigenvalue weighted by Gasteiger charge is 1.98. The van der Waals surface area contributed by atoms with Crippen molar-refractivity contribution < 1.29 is 9.69 Å². The van der Waals surface area contributed by atoms with Gasteiger partial charge in [0.15, 0.2) is 5.84 Å². The van der Waals surface area contributed by atoms with Crippen LogP contribution in [0.4, 0.5) is 4.48 Å². The summed E-state index contributed by atoms with van der Waals surface area (Å²) in [6.07, 6.45) is 0. The smallest absolute Gasteiger partial charge is 0.189 e. The Hall–Kier alpha value is -1.42. The summed E-state index contributed by atoms with van der Waals surface area (Å²) in [7, 11) is 0. The molecule has 0 aliphatic carbocycles. The van der Waals surface area contributed by atoms with Crippen molar-refractivity contribution in [2.75, 3.05) is 0 Å². The van der Waals surface area contributed by atoms with E-state index in [1.807, 2.05) is 0 Å². The van der Waals surface area contributed by atoms with E-state index in [4.69, 9.17) is 5.21 Å². The maximum absolute atomic E-state index is 11.7. The van der Waals surface area contributed by atoms with E-state index in [-0.39, 0.29) is 5.84 Å². The molecule has 0 spiro atoms. The monoisotopic (exact) mass is 154 g/mol. The Morgan fingerprint density at radius 1 is 1.36 bits per heavy atom. The van der Waals surface area contributed by atoms with Gasteiger partial charge in [-0.3, -0.25) is 5.21 Å². The molecule has 0 fully saturated rings. The Balaban J connectivity index is 2.92. The first kappa shape index (κ1) is 7.68. The molecule has 0 atom stereocenters. The van der Waals surface area contributed by atoms with Crippen LogP contribution in [0.2, 0.25) is 0 Å². The van der Waals surface area contributed by atoms with Crippen LogP contribution in [0.15, 0.2) is 35.5 Å². The van der Waals surface area contributed by atoms with Crippen molar-refractivity contribution in [1.82, 2.24) is 5.48 Å². The molecule has 0 heterocycles. The van der Waals surface area contributed by atoms with Gasteiger partial charge in [0.1, 0.15) is 0 Å². The topological polar surface area (TPSA) is 44.6 Å². The van der Waals surface area contributed by atoms with Crippen molar-refractivity contribution in [3.05, 3.63) is 35.9 Å². The highest BCUT2D eigenvalue weighted by molar-refractivity contribution is 5.97. The number of rotatable bonds is 1. The quantitative estimate of drug-likeness (QED) is 0.363. The zero-order valence-corrected chi connectivity index (χ0v) is 5.66. The van der Waals surface area contributed by atoms with Crippen LogP contribution in [0.1, 0.15) is 5.56 Å². The zero-order chi connectivity index (χ0) is 8.10. The third-order valence-electron chi connectivity index (χ3n) is 1.24. The van der Waals surface area contributed by atoms with Crippen LogP contribution in [0, 0.1) is 0 Å². The van der Waals surface area contributed by atoms with Crippen LogP contribution in [0.25, 0.3) is 0 Å². The Kier molecular flexibility index (Phi) is 2.57. The Bertz CT molecular complexity index is 248. The van der Waals surface area contributed by atoms with Gasteiger partial charge in [-0.15, -0.1) is 0 Å². The van der Waals surface area contributed by atoms with Crippen LogP contribution >= 0.6 is 0 Å². The first-order chi connectivity index (χ1) is 5.38. The molecule has 0 amide bonds. The van der Waals surface area contributed by atoms with Crippen molar-refractivity contribution in [1.29, 1.82) is 0 Å². The molecule has 0 aromatic heterocycles. The van der Waals surface area contributed by atoms with E-state index in [0.717, 1.165) is 0 Å². The maximum atomic E-state index is 11.7. The lowest BCUT2D eigenvalue weighted by atomic mass is 10.2. The molecule has 0 saturated carbocycles. The van der Waals surface area contributed by atoms with Gasteiger partial charge in [-0.1, -0.05) is 40.0 Å². The second-order valence-electron chi connectivity index (χ2n) is 1.91. The summed E-state index contributed by atoms with van der Waals surface area (Å²) in [5.41, 5.74) is 2.14. The van der Waals surface area contributed by atoms with Crippen molar-refractivity contribution in [2.24, 2.45) is 5.21 Å². The highest BCUT2D eigenvalue weighted by Crippen LogP contribution is 1.98. The van der Waals surface area contributed by atoms with E-state index in [2.05, 4.69) is 5.21 Å². The van der Waals surface area contributed by atoms with Crippen LogP contribution in [0.3, 0.4) is 0 Å². The second kappa shape index (κ2) is 3.68. The van der Waals surface area contributed by atoms with Crippen molar-refractivity contribution in [2.45, 2.75) is 0 Å². The largest absolute Gasteiger partial charge is 0.290 e. The summed E-state index contributed by atoms with van der Waals surface area (Å²) in [6.45, 7) is 0. The molecule has 3 nitrogen and oxygen atoms in total. The SMILES string of the molecule is ONC(=NF)c1ccccc1. The minimum atomic E-state index is -0.189. The molecule has 0 unspecified atom stereocenters. The van der Waals surface area contributed by atoms with E-state index in [0.29, 0.717) is 5.56 Å². The number of hydrogen-bond acceptors (Lipinski definition) is 2. The number of amidine groups is 1. The number of nitrogens with one attached hydrogen (secondary N) is 1. The van der Waals surface area contributed by atoms with Gasteiger partial charge in [0.2, 0.25) is 0 Å². The van der Waals surface area contributed by atoms with Gasteiger partial charge in [0.05, 0.1) is 0 Å². The van der Waals surface area contributed by atoms with E-state index in [9.17, 15) is 4.48 Å². The Labute approximate surface area is 63.1 Å². The summed E-state index contributed by atoms with van der Waals surface area (Å²) in [5.74, 6) is -0.189. The van der Waals surface area contributed by atoms with Gasteiger partial charge in [-0.2, -0.15) is 0 Å². The average Bonchev–Trinajstić information content (AvgIpc) is 2.09. The molecule has 11 heavy (non-hydrogen) atoms. The number of halogens is 1. The fourth-order valence-corrected chi connectivity index (χ4v) is 0.728. The second-order valence-corrected chi connectivity index (χ2v) is 1.91. The normalized spacial score (nSPS) is 11.3. The number of benzene rings is 1. The molecule has 4 heteroatoms. The third kappa shape index (κ3) is 1.75. The fraction of sp³-hybridized carbons (Fsp3) is 0. The predicted molar refractivity (Wildman–Crippen MR) is 39.0 cm³/mol. The molecular formula is C7H7FN2O. The lowest BCUT2D eigenvalue weighted by Gasteiger charge is -1.99. The molecule has 0 saturated heterocycles. The van der Waals surface area contributed by atoms with Gasteiger partial charge < -0.3 is 0 Å². The van der Waals surface area contributed by atoms with Crippen LogP contribution in [-0.4, -0.2) is 11.0 Å². The fourth-order valence-electron chi connectivity index (χ4n) is 0.728. The molecule has 1 rings (SSSR count). The van der Waals surface area contributed by atoms with Gasteiger partial charge in [-0.25, -0.2) is 5.48 Å². The van der Waals surface area contributed by atoms with E-state index >= 15 is 0 Å². The van der Waals surface area contributed by atoms with Crippen molar-refractivity contribution in [3.8, 4) is 0 Å². The van der Waals surface area contributed by atoms with Crippen molar-refractivity contribution in [3.63, 3.8) is 0 Å². The minimum Gasteiger partial charge on any atom is -0.290 e. The Morgan fingerprint density at radius 2 is 2.00 bits per heavy atom. The highest BCUT2D eigenvalue weighted by atomic mass is 19.2. The Morgan fingerprint density at radius 3 is 2.45 bits per heavy atom. The average molecular weight is 154 g/mol. The van der Waals surface area contributed by atoms with Gasteiger partial charge >= 0.3 is 0 Å². The molecule has 1 aromatic carbocycles. The molecule has 1 aromatic rings. The summed E-state index contributed by atoms with van der Waals surface area (Å²) >= 11 is 0. The molecular weight excluding hydrogens is 147 g/mol. The molecule has 2 N–H and O–H groups in total. The van der Waals surface area contributed by atoms with Crippen LogP contribution < -0.4 is 5.48 Å². The van der Waals surface area contributed by atoms with E-state index in [1.165, 1.54) is 0 Å².